The molecule has 2 heterocycles. The molecule has 0 bridgehead atoms. The molecule has 0 saturated carbocycles. The lowest BCUT2D eigenvalue weighted by atomic mass is 9.99. The maximum Gasteiger partial charge on any atom is 0.229 e. The number of hydrogen-bond donors (Lipinski definition) is 6. The average molecular weight is 457 g/mol. The molecule has 8 atom stereocenters. The third-order valence-corrected chi connectivity index (χ3v) is 5.34. The van der Waals surface area contributed by atoms with Gasteiger partial charge in [-0.25, -0.2) is 0 Å². The van der Waals surface area contributed by atoms with Gasteiger partial charge >= 0.3 is 0 Å². The summed E-state index contributed by atoms with van der Waals surface area (Å²) in [5.41, 5.74) is -1.87. The van der Waals surface area contributed by atoms with Crippen molar-refractivity contribution in [1.82, 2.24) is 0 Å². The topological polar surface area (TPSA) is 158 Å². The molecule has 2 saturated heterocycles. The summed E-state index contributed by atoms with van der Waals surface area (Å²) in [5, 5.41) is 60.1. The van der Waals surface area contributed by atoms with E-state index in [2.05, 4.69) is 0 Å². The zero-order chi connectivity index (χ0) is 21.3. The number of hydrogen-bond acceptors (Lipinski definition) is 10. The van der Waals surface area contributed by atoms with Crippen LogP contribution in [0.4, 0.5) is 0 Å². The number of aliphatic hydroxyl groups is 6. The lowest BCUT2D eigenvalue weighted by Gasteiger charge is -2.40. The van der Waals surface area contributed by atoms with Gasteiger partial charge in [-0.15, -0.1) is 0 Å². The van der Waals surface area contributed by atoms with E-state index in [-0.39, 0.29) is 24.0 Å². The molecule has 0 unspecified atom stereocenters. The molecule has 0 amide bonds. The van der Waals surface area contributed by atoms with Crippen LogP contribution >= 0.6 is 23.2 Å². The lowest BCUT2D eigenvalue weighted by molar-refractivity contribution is -0.289. The number of benzene rings is 1. The Morgan fingerprint density at radius 1 is 1.07 bits per heavy atom. The molecule has 0 radical (unpaired) electrons. The van der Waals surface area contributed by atoms with Gasteiger partial charge in [-0.3, -0.25) is 0 Å². The van der Waals surface area contributed by atoms with E-state index in [1.165, 1.54) is 18.2 Å². The van der Waals surface area contributed by atoms with E-state index in [0.717, 1.165) is 0 Å². The van der Waals surface area contributed by atoms with Crippen LogP contribution in [0.1, 0.15) is 0 Å². The Hall–Kier alpha value is -0.760. The van der Waals surface area contributed by atoms with Crippen molar-refractivity contribution in [2.45, 2.75) is 48.7 Å². The molecule has 0 spiro atoms. The Labute approximate surface area is 175 Å². The number of rotatable bonds is 6. The van der Waals surface area contributed by atoms with Crippen molar-refractivity contribution < 1.29 is 49.6 Å². The number of aliphatic hydroxyl groups excluding tert-OH is 5. The molecule has 0 aliphatic carbocycles. The summed E-state index contributed by atoms with van der Waals surface area (Å²) in [6, 6.07) is 4.37. The Kier molecular flexibility index (Phi) is 7.24. The monoisotopic (exact) mass is 456 g/mol. The normalized spacial score (nSPS) is 40.2. The summed E-state index contributed by atoms with van der Waals surface area (Å²) < 4.78 is 21.4. The summed E-state index contributed by atoms with van der Waals surface area (Å²) >= 11 is 11.9. The van der Waals surface area contributed by atoms with Gasteiger partial charge in [0.1, 0.15) is 41.9 Å². The molecule has 29 heavy (non-hydrogen) atoms. The van der Waals surface area contributed by atoms with Gasteiger partial charge in [0.25, 0.3) is 0 Å². The van der Waals surface area contributed by atoms with Gasteiger partial charge in [0, 0.05) is 5.02 Å². The van der Waals surface area contributed by atoms with Gasteiger partial charge in [0.05, 0.1) is 24.8 Å². The third-order valence-electron chi connectivity index (χ3n) is 4.81. The Morgan fingerprint density at radius 2 is 1.79 bits per heavy atom. The first-order chi connectivity index (χ1) is 13.7. The molecule has 2 fully saturated rings. The molecular formula is C17H22Cl2O10. The van der Waals surface area contributed by atoms with Crippen molar-refractivity contribution in [3.05, 3.63) is 28.2 Å². The Balaban J connectivity index is 1.64. The van der Waals surface area contributed by atoms with E-state index >= 15 is 0 Å². The fourth-order valence-electron chi connectivity index (χ4n) is 2.97. The predicted molar refractivity (Wildman–Crippen MR) is 97.5 cm³/mol. The largest absolute Gasteiger partial charge is 0.460 e. The van der Waals surface area contributed by atoms with Crippen molar-refractivity contribution in [2.75, 3.05) is 19.8 Å². The van der Waals surface area contributed by atoms with Crippen LogP contribution in [0.15, 0.2) is 18.2 Å². The van der Waals surface area contributed by atoms with Crippen LogP contribution < -0.4 is 4.74 Å². The first kappa shape index (κ1) is 22.9. The van der Waals surface area contributed by atoms with Crippen LogP contribution in [0.2, 0.25) is 10.0 Å². The summed E-state index contributed by atoms with van der Waals surface area (Å²) in [6.45, 7) is -1.48. The minimum Gasteiger partial charge on any atom is -0.460 e. The minimum atomic E-state index is -1.87. The van der Waals surface area contributed by atoms with Gasteiger partial charge < -0.3 is 49.6 Å². The fraction of sp³-hybridized carbons (Fsp3) is 0.647. The molecule has 2 aliphatic rings. The van der Waals surface area contributed by atoms with E-state index < -0.39 is 55.3 Å². The molecule has 0 aromatic heterocycles. The number of ether oxygens (including phenoxy) is 4. The quantitative estimate of drug-likeness (QED) is 0.301. The van der Waals surface area contributed by atoms with Crippen LogP contribution in [-0.4, -0.2) is 99.2 Å². The second-order valence-electron chi connectivity index (χ2n) is 6.93. The molecule has 1 aromatic rings. The second-order valence-corrected chi connectivity index (χ2v) is 7.77. The Morgan fingerprint density at radius 3 is 2.41 bits per heavy atom. The average Bonchev–Trinajstić information content (AvgIpc) is 2.98. The van der Waals surface area contributed by atoms with Crippen molar-refractivity contribution in [3.63, 3.8) is 0 Å². The van der Waals surface area contributed by atoms with Crippen molar-refractivity contribution >= 4 is 23.2 Å². The van der Waals surface area contributed by atoms with E-state index in [9.17, 15) is 25.5 Å². The summed E-state index contributed by atoms with van der Waals surface area (Å²) in [6.07, 6.45) is -10.2. The molecule has 164 valence electrons. The highest BCUT2D eigenvalue weighted by molar-refractivity contribution is 6.35. The second kappa shape index (κ2) is 9.16. The van der Waals surface area contributed by atoms with Crippen molar-refractivity contribution in [2.24, 2.45) is 0 Å². The summed E-state index contributed by atoms with van der Waals surface area (Å²) in [7, 11) is 0. The number of halogens is 2. The fourth-order valence-corrected chi connectivity index (χ4v) is 3.42. The van der Waals surface area contributed by atoms with Gasteiger partial charge in [-0.05, 0) is 18.2 Å². The first-order valence-corrected chi connectivity index (χ1v) is 9.48. The van der Waals surface area contributed by atoms with Crippen molar-refractivity contribution in [1.29, 1.82) is 0 Å². The molecular weight excluding hydrogens is 435 g/mol. The summed E-state index contributed by atoms with van der Waals surface area (Å²) in [5.74, 6) is 0.130. The van der Waals surface area contributed by atoms with Crippen molar-refractivity contribution in [3.8, 4) is 5.75 Å². The van der Waals surface area contributed by atoms with Crippen LogP contribution in [0.3, 0.4) is 0 Å². The zero-order valence-corrected chi connectivity index (χ0v) is 16.5. The van der Waals surface area contributed by atoms with Gasteiger partial charge in [-0.1, -0.05) is 23.2 Å². The van der Waals surface area contributed by atoms with Gasteiger partial charge in [-0.2, -0.15) is 0 Å². The molecule has 3 rings (SSSR count). The Bertz CT molecular complexity index is 709. The molecule has 1 aromatic carbocycles. The maximum atomic E-state index is 10.2. The minimum absolute atomic E-state index is 0.130. The van der Waals surface area contributed by atoms with Crippen LogP contribution in [0.25, 0.3) is 0 Å². The van der Waals surface area contributed by atoms with Crippen LogP contribution in [0, 0.1) is 0 Å². The molecule has 12 heteroatoms. The maximum absolute atomic E-state index is 10.2. The van der Waals surface area contributed by atoms with Gasteiger partial charge in [0.2, 0.25) is 6.29 Å². The lowest BCUT2D eigenvalue weighted by Crippen LogP contribution is -2.60. The molecule has 10 nitrogen and oxygen atoms in total. The highest BCUT2D eigenvalue weighted by Gasteiger charge is 2.50. The summed E-state index contributed by atoms with van der Waals surface area (Å²) in [4.78, 5) is 0. The highest BCUT2D eigenvalue weighted by atomic mass is 35.5. The first-order valence-electron chi connectivity index (χ1n) is 8.72. The SMILES string of the molecule is OC[C@@]1(O)CO[C@@H](OC[C@H]2O[C@@H](Oc3ccc(Cl)cc3Cl)[C@H](O)[C@@H](O)[C@@H]2O)[C@@H]1O. The molecule has 6 N–H and O–H groups in total. The standard InChI is InChI=1S/C17H22Cl2O10/c18-7-1-2-9(8(19)3-7)28-15-13(23)12(22)11(21)10(29-15)4-26-16-14(24)17(25,5-20)6-27-16/h1-3,10-16,20-25H,4-6H2/t10-,11-,12+,13-,14+,15-,16-,17-/m1/s1. The van der Waals surface area contributed by atoms with Gasteiger partial charge in [0.15, 0.2) is 6.29 Å². The van der Waals surface area contributed by atoms with E-state index in [1.54, 1.807) is 0 Å². The van der Waals surface area contributed by atoms with Crippen LogP contribution in [-0.2, 0) is 14.2 Å². The highest BCUT2D eigenvalue weighted by Crippen LogP contribution is 2.32. The van der Waals surface area contributed by atoms with E-state index in [0.29, 0.717) is 5.02 Å². The smallest absolute Gasteiger partial charge is 0.229 e. The van der Waals surface area contributed by atoms with Crippen LogP contribution in [0.5, 0.6) is 5.75 Å². The zero-order valence-electron chi connectivity index (χ0n) is 15.0. The predicted octanol–water partition coefficient (Wildman–Crippen LogP) is -1.36. The van der Waals surface area contributed by atoms with E-state index in [4.69, 9.17) is 47.3 Å². The molecule has 2 aliphatic heterocycles. The van der Waals surface area contributed by atoms with E-state index in [1.807, 2.05) is 0 Å². The third kappa shape index (κ3) is 4.78.